The van der Waals surface area contributed by atoms with Gasteiger partial charge in [-0.2, -0.15) is 0 Å². The Morgan fingerprint density at radius 3 is 2.76 bits per heavy atom. The van der Waals surface area contributed by atoms with E-state index in [1.54, 1.807) is 35.8 Å². The maximum absolute atomic E-state index is 12.2. The Morgan fingerprint density at radius 2 is 2.04 bits per heavy atom. The van der Waals surface area contributed by atoms with Crippen molar-refractivity contribution in [2.24, 2.45) is 0 Å². The molecule has 3 aromatic heterocycles. The lowest BCUT2D eigenvalue weighted by Crippen LogP contribution is -2.10. The van der Waals surface area contributed by atoms with Crippen LogP contribution in [0.4, 0.5) is 5.69 Å². The van der Waals surface area contributed by atoms with Crippen LogP contribution in [0.1, 0.15) is 10.4 Å². The van der Waals surface area contributed by atoms with Crippen molar-refractivity contribution < 1.29 is 4.79 Å². The molecule has 1 amide bonds. The molecule has 4 rings (SSSR count). The fraction of sp³-hybridized carbons (Fsp3) is 0. The molecule has 4 aromatic rings. The Kier molecular flexibility index (Phi) is 4.17. The monoisotopic (exact) mass is 388 g/mol. The normalized spacial score (nSPS) is 11.0. The molecule has 1 aromatic carbocycles. The van der Waals surface area contributed by atoms with Gasteiger partial charge in [-0.1, -0.05) is 23.2 Å². The van der Waals surface area contributed by atoms with Crippen LogP contribution in [0, 0.1) is 0 Å². The summed E-state index contributed by atoms with van der Waals surface area (Å²) in [6.07, 6.45) is 1.57. The number of anilines is 1. The van der Waals surface area contributed by atoms with Crippen LogP contribution in [0.25, 0.3) is 22.6 Å². The van der Waals surface area contributed by atoms with Crippen molar-refractivity contribution in [2.75, 3.05) is 5.32 Å². The smallest absolute Gasteiger partial charge is 0.256 e. The van der Waals surface area contributed by atoms with E-state index in [1.807, 2.05) is 12.1 Å². The van der Waals surface area contributed by atoms with Gasteiger partial charge in [-0.15, -0.1) is 11.3 Å². The number of hydrogen-bond donors (Lipinski definition) is 2. The van der Waals surface area contributed by atoms with Crippen LogP contribution in [0.5, 0.6) is 0 Å². The second kappa shape index (κ2) is 6.48. The molecule has 0 aliphatic heterocycles. The maximum atomic E-state index is 12.2. The zero-order valence-corrected chi connectivity index (χ0v) is 14.9. The van der Waals surface area contributed by atoms with Gasteiger partial charge < -0.3 is 10.3 Å². The number of halogens is 2. The maximum Gasteiger partial charge on any atom is 0.256 e. The first-order valence-corrected chi connectivity index (χ1v) is 8.89. The number of nitrogens with zero attached hydrogens (tertiary/aromatic N) is 2. The van der Waals surface area contributed by atoms with Crippen LogP contribution in [-0.2, 0) is 0 Å². The highest BCUT2D eigenvalue weighted by Crippen LogP contribution is 2.24. The lowest BCUT2D eigenvalue weighted by Gasteiger charge is -2.03. The van der Waals surface area contributed by atoms with E-state index < -0.39 is 0 Å². The Bertz CT molecular complexity index is 1070. The molecule has 0 fully saturated rings. The largest absolute Gasteiger partial charge is 0.337 e. The van der Waals surface area contributed by atoms with Crippen molar-refractivity contribution in [3.63, 3.8) is 0 Å². The van der Waals surface area contributed by atoms with E-state index in [4.69, 9.17) is 23.2 Å². The minimum absolute atomic E-state index is 0.207. The van der Waals surface area contributed by atoms with Crippen molar-refractivity contribution in [2.45, 2.75) is 0 Å². The van der Waals surface area contributed by atoms with E-state index >= 15 is 0 Å². The molecule has 0 radical (unpaired) electrons. The molecule has 8 heteroatoms. The van der Waals surface area contributed by atoms with Crippen molar-refractivity contribution in [3.05, 3.63) is 62.9 Å². The van der Waals surface area contributed by atoms with E-state index in [9.17, 15) is 4.79 Å². The minimum Gasteiger partial charge on any atom is -0.337 e. The number of benzene rings is 1. The third-order valence-corrected chi connectivity index (χ3v) is 4.85. The number of carbonyl (C=O) groups is 1. The highest BCUT2D eigenvalue weighted by Gasteiger charge is 2.11. The lowest BCUT2D eigenvalue weighted by molar-refractivity contribution is 0.102. The van der Waals surface area contributed by atoms with Crippen LogP contribution in [0.3, 0.4) is 0 Å². The first-order valence-electron chi connectivity index (χ1n) is 7.25. The van der Waals surface area contributed by atoms with E-state index in [0.29, 0.717) is 32.1 Å². The fourth-order valence-electron chi connectivity index (χ4n) is 2.36. The number of pyridine rings is 1. The van der Waals surface area contributed by atoms with Crippen LogP contribution in [-0.4, -0.2) is 20.9 Å². The number of fused-ring (bicyclic) bond motifs is 1. The Morgan fingerprint density at radius 1 is 1.16 bits per heavy atom. The Balaban J connectivity index is 1.61. The van der Waals surface area contributed by atoms with Crippen molar-refractivity contribution in [3.8, 4) is 11.5 Å². The average Bonchev–Trinajstić information content (AvgIpc) is 3.21. The van der Waals surface area contributed by atoms with Crippen LogP contribution in [0.15, 0.2) is 48.0 Å². The summed E-state index contributed by atoms with van der Waals surface area (Å²) >= 11 is 13.0. The number of amides is 1. The van der Waals surface area contributed by atoms with Crippen LogP contribution < -0.4 is 5.32 Å². The van der Waals surface area contributed by atoms with Gasteiger partial charge in [0.15, 0.2) is 5.82 Å². The third-order valence-electron chi connectivity index (χ3n) is 3.54. The zero-order chi connectivity index (χ0) is 17.4. The first-order chi connectivity index (χ1) is 12.1. The predicted molar refractivity (Wildman–Crippen MR) is 102 cm³/mol. The van der Waals surface area contributed by atoms with Gasteiger partial charge in [-0.3, -0.25) is 9.78 Å². The molecule has 25 heavy (non-hydrogen) atoms. The van der Waals surface area contributed by atoms with Gasteiger partial charge in [0.2, 0.25) is 0 Å². The molecule has 0 aliphatic rings. The van der Waals surface area contributed by atoms with Crippen LogP contribution in [0.2, 0.25) is 9.36 Å². The molecule has 0 saturated carbocycles. The van der Waals surface area contributed by atoms with E-state index in [1.165, 1.54) is 11.3 Å². The Hall–Kier alpha value is -2.41. The molecule has 0 saturated heterocycles. The van der Waals surface area contributed by atoms with Crippen molar-refractivity contribution >= 4 is 57.2 Å². The summed E-state index contributed by atoms with van der Waals surface area (Å²) < 4.78 is 0.578. The molecule has 0 bridgehead atoms. The van der Waals surface area contributed by atoms with E-state index in [0.717, 1.165) is 11.0 Å². The number of rotatable bonds is 3. The van der Waals surface area contributed by atoms with Crippen LogP contribution >= 0.6 is 34.5 Å². The van der Waals surface area contributed by atoms with E-state index in [2.05, 4.69) is 20.3 Å². The molecule has 0 aliphatic carbocycles. The van der Waals surface area contributed by atoms with Gasteiger partial charge in [0, 0.05) is 17.3 Å². The zero-order valence-electron chi connectivity index (χ0n) is 12.6. The molecule has 0 atom stereocenters. The fourth-order valence-corrected chi connectivity index (χ4v) is 3.33. The quantitative estimate of drug-likeness (QED) is 0.503. The predicted octanol–water partition coefficient (Wildman–Crippen LogP) is 5.25. The van der Waals surface area contributed by atoms with Gasteiger partial charge in [0.1, 0.15) is 5.69 Å². The summed E-state index contributed by atoms with van der Waals surface area (Å²) in [6.45, 7) is 0. The second-order valence-electron chi connectivity index (χ2n) is 5.27. The van der Waals surface area contributed by atoms with Gasteiger partial charge in [-0.25, -0.2) is 4.98 Å². The SMILES string of the molecule is O=C(Nc1ccc2nc(-c3ccc(Cl)cn3)[nH]c2c1)c1csc(Cl)c1. The van der Waals surface area contributed by atoms with Gasteiger partial charge >= 0.3 is 0 Å². The Labute approximate surface area is 156 Å². The number of imidazole rings is 1. The molecular formula is C17H10Cl2N4OS. The van der Waals surface area contributed by atoms with Gasteiger partial charge in [0.25, 0.3) is 5.91 Å². The second-order valence-corrected chi connectivity index (χ2v) is 7.25. The van der Waals surface area contributed by atoms with Crippen molar-refractivity contribution in [1.29, 1.82) is 0 Å². The molecule has 124 valence electrons. The summed E-state index contributed by atoms with van der Waals surface area (Å²) in [4.78, 5) is 24.2. The summed E-state index contributed by atoms with van der Waals surface area (Å²) in [6, 6.07) is 10.7. The molecule has 3 heterocycles. The number of carbonyl (C=O) groups excluding carboxylic acids is 1. The molecule has 0 spiro atoms. The molecular weight excluding hydrogens is 379 g/mol. The number of hydrogen-bond acceptors (Lipinski definition) is 4. The van der Waals surface area contributed by atoms with Gasteiger partial charge in [-0.05, 0) is 36.4 Å². The number of H-pyrrole nitrogens is 1. The first kappa shape index (κ1) is 16.1. The lowest BCUT2D eigenvalue weighted by atomic mass is 10.2. The standard InChI is InChI=1S/C17H10Cl2N4OS/c18-10-1-3-13(20-7-10)16-22-12-4-2-11(6-14(12)23-16)21-17(24)9-5-15(19)25-8-9/h1-8H,(H,21,24)(H,22,23). The third kappa shape index (κ3) is 3.37. The molecule has 2 N–H and O–H groups in total. The number of aromatic amines is 1. The average molecular weight is 389 g/mol. The summed E-state index contributed by atoms with van der Waals surface area (Å²) in [7, 11) is 0. The van der Waals surface area contributed by atoms with E-state index in [-0.39, 0.29) is 5.91 Å². The molecule has 0 unspecified atom stereocenters. The number of thiophene rings is 1. The highest BCUT2D eigenvalue weighted by molar-refractivity contribution is 7.14. The topological polar surface area (TPSA) is 70.7 Å². The summed E-state index contributed by atoms with van der Waals surface area (Å²) in [5.74, 6) is 0.432. The molecule has 5 nitrogen and oxygen atoms in total. The number of aromatic nitrogens is 3. The highest BCUT2D eigenvalue weighted by atomic mass is 35.5. The summed E-state index contributed by atoms with van der Waals surface area (Å²) in [5.41, 5.74) is 3.47. The summed E-state index contributed by atoms with van der Waals surface area (Å²) in [5, 5.41) is 5.14. The number of nitrogens with one attached hydrogen (secondary N) is 2. The minimum atomic E-state index is -0.207. The van der Waals surface area contributed by atoms with Crippen molar-refractivity contribution in [1.82, 2.24) is 15.0 Å². The van der Waals surface area contributed by atoms with Gasteiger partial charge in [0.05, 0.1) is 26.0 Å².